The molecule has 0 aliphatic carbocycles. The van der Waals surface area contributed by atoms with Crippen LogP contribution in [-0.4, -0.2) is 63.5 Å². The van der Waals surface area contributed by atoms with E-state index in [9.17, 15) is 15.3 Å². The Morgan fingerprint density at radius 1 is 1.11 bits per heavy atom. The van der Waals surface area contributed by atoms with Gasteiger partial charge in [-0.1, -0.05) is 30.3 Å². The minimum absolute atomic E-state index is 0.0737. The van der Waals surface area contributed by atoms with Crippen LogP contribution in [0.25, 0.3) is 0 Å². The van der Waals surface area contributed by atoms with Crippen molar-refractivity contribution in [3.8, 4) is 0 Å². The van der Waals surface area contributed by atoms with Gasteiger partial charge in [-0.3, -0.25) is 4.99 Å². The second kappa shape index (κ2) is 4.92. The van der Waals surface area contributed by atoms with Gasteiger partial charge in [0.1, 0.15) is 24.1 Å². The monoisotopic (exact) mass is 262 g/mol. The molecule has 1 saturated heterocycles. The summed E-state index contributed by atoms with van der Waals surface area (Å²) in [5, 5.41) is 29.2. The Bertz CT molecular complexity index is 477. The van der Waals surface area contributed by atoms with Crippen LogP contribution in [-0.2, 0) is 6.42 Å². The van der Waals surface area contributed by atoms with Crippen LogP contribution in [0.4, 0.5) is 0 Å². The molecule has 3 rings (SSSR count). The third-order valence-electron chi connectivity index (χ3n) is 3.77. The Morgan fingerprint density at radius 3 is 2.58 bits per heavy atom. The second-order valence-corrected chi connectivity index (χ2v) is 5.24. The summed E-state index contributed by atoms with van der Waals surface area (Å²) in [6.07, 6.45) is -2.32. The SMILES string of the molecule is O[C@H]1[C@@H](O)CN2CC(Cc3ccccc3)N=C2[C@@H]1O. The summed E-state index contributed by atoms with van der Waals surface area (Å²) in [6.45, 7) is 1.02. The van der Waals surface area contributed by atoms with Crippen molar-refractivity contribution in [2.24, 2.45) is 4.99 Å². The van der Waals surface area contributed by atoms with Crippen molar-refractivity contribution in [2.45, 2.75) is 30.8 Å². The summed E-state index contributed by atoms with van der Waals surface area (Å²) in [7, 11) is 0. The number of amidine groups is 1. The lowest BCUT2D eigenvalue weighted by Gasteiger charge is -2.36. The van der Waals surface area contributed by atoms with Gasteiger partial charge in [-0.15, -0.1) is 0 Å². The van der Waals surface area contributed by atoms with Crippen LogP contribution >= 0.6 is 0 Å². The van der Waals surface area contributed by atoms with Gasteiger partial charge in [-0.25, -0.2) is 0 Å². The smallest absolute Gasteiger partial charge is 0.139 e. The minimum Gasteiger partial charge on any atom is -0.388 e. The maximum Gasteiger partial charge on any atom is 0.139 e. The standard InChI is InChI=1S/C14H18N2O3/c17-11-8-16-7-10(6-9-4-2-1-3-5-9)15-14(16)13(19)12(11)18/h1-5,10-13,17-19H,6-8H2/t10?,11-,12-,13+/m0/s1. The van der Waals surface area contributed by atoms with Crippen LogP contribution in [0.1, 0.15) is 5.56 Å². The molecule has 0 aromatic heterocycles. The van der Waals surface area contributed by atoms with E-state index in [1.165, 1.54) is 5.56 Å². The summed E-state index contributed by atoms with van der Waals surface area (Å²) < 4.78 is 0. The number of fused-ring (bicyclic) bond motifs is 1. The molecule has 1 aromatic carbocycles. The highest BCUT2D eigenvalue weighted by Gasteiger charge is 2.41. The Morgan fingerprint density at radius 2 is 1.84 bits per heavy atom. The third kappa shape index (κ3) is 2.36. The Labute approximate surface area is 111 Å². The van der Waals surface area contributed by atoms with Crippen LogP contribution in [0.3, 0.4) is 0 Å². The summed E-state index contributed by atoms with van der Waals surface area (Å²) in [4.78, 5) is 6.36. The number of nitrogens with zero attached hydrogens (tertiary/aromatic N) is 2. The number of aliphatic hydroxyl groups excluding tert-OH is 3. The predicted molar refractivity (Wildman–Crippen MR) is 71.0 cm³/mol. The van der Waals surface area contributed by atoms with Crippen molar-refractivity contribution < 1.29 is 15.3 Å². The van der Waals surface area contributed by atoms with Gasteiger partial charge in [0.2, 0.25) is 0 Å². The first-order chi connectivity index (χ1) is 9.15. The van der Waals surface area contributed by atoms with E-state index < -0.39 is 18.3 Å². The lowest BCUT2D eigenvalue weighted by atomic mass is 10.0. The van der Waals surface area contributed by atoms with Crippen molar-refractivity contribution in [1.82, 2.24) is 4.90 Å². The topological polar surface area (TPSA) is 76.3 Å². The van der Waals surface area contributed by atoms with Crippen LogP contribution in [0.2, 0.25) is 0 Å². The number of piperidine rings is 1. The molecule has 0 radical (unpaired) electrons. The minimum atomic E-state index is -1.13. The first-order valence-corrected chi connectivity index (χ1v) is 6.56. The fourth-order valence-corrected chi connectivity index (χ4v) is 2.78. The molecule has 5 nitrogen and oxygen atoms in total. The Balaban J connectivity index is 1.73. The fraction of sp³-hybridized carbons (Fsp3) is 0.500. The number of aliphatic imine (C=N–C) groups is 1. The highest BCUT2D eigenvalue weighted by Crippen LogP contribution is 2.22. The normalized spacial score (nSPS) is 34.1. The van der Waals surface area contributed by atoms with E-state index in [1.807, 2.05) is 23.1 Å². The van der Waals surface area contributed by atoms with Crippen LogP contribution < -0.4 is 0 Å². The lowest BCUT2D eigenvalue weighted by molar-refractivity contribution is -0.0595. The summed E-state index contributed by atoms with van der Waals surface area (Å²) in [6, 6.07) is 10.1. The molecule has 102 valence electrons. The quantitative estimate of drug-likeness (QED) is 0.666. The fourth-order valence-electron chi connectivity index (χ4n) is 2.78. The molecule has 1 aromatic rings. The summed E-state index contributed by atoms with van der Waals surface area (Å²) in [5.74, 6) is 0.513. The molecule has 19 heavy (non-hydrogen) atoms. The number of hydrogen-bond donors (Lipinski definition) is 3. The van der Waals surface area contributed by atoms with E-state index in [1.54, 1.807) is 0 Å². The van der Waals surface area contributed by atoms with Gasteiger partial charge in [0, 0.05) is 13.1 Å². The first kappa shape index (κ1) is 12.6. The second-order valence-electron chi connectivity index (χ2n) is 5.24. The van der Waals surface area contributed by atoms with E-state index in [-0.39, 0.29) is 6.04 Å². The van der Waals surface area contributed by atoms with Crippen LogP contribution in [0, 0.1) is 0 Å². The lowest BCUT2D eigenvalue weighted by Crippen LogP contribution is -2.57. The molecular formula is C14H18N2O3. The van der Waals surface area contributed by atoms with Gasteiger partial charge in [-0.05, 0) is 12.0 Å². The van der Waals surface area contributed by atoms with Crippen LogP contribution in [0.5, 0.6) is 0 Å². The van der Waals surface area contributed by atoms with Crippen molar-refractivity contribution in [1.29, 1.82) is 0 Å². The zero-order chi connectivity index (χ0) is 13.4. The molecule has 2 heterocycles. The molecule has 0 amide bonds. The van der Waals surface area contributed by atoms with E-state index in [0.717, 1.165) is 6.42 Å². The first-order valence-electron chi connectivity index (χ1n) is 6.56. The maximum absolute atomic E-state index is 9.92. The van der Waals surface area contributed by atoms with Crippen molar-refractivity contribution >= 4 is 5.84 Å². The maximum atomic E-state index is 9.92. The highest BCUT2D eigenvalue weighted by atomic mass is 16.4. The summed E-state index contributed by atoms with van der Waals surface area (Å²) in [5.41, 5.74) is 1.20. The van der Waals surface area contributed by atoms with E-state index >= 15 is 0 Å². The van der Waals surface area contributed by atoms with Crippen molar-refractivity contribution in [3.05, 3.63) is 35.9 Å². The number of hydrogen-bond acceptors (Lipinski definition) is 5. The van der Waals surface area contributed by atoms with Gasteiger partial charge >= 0.3 is 0 Å². The predicted octanol–water partition coefficient (Wildman–Crippen LogP) is -0.592. The van der Waals surface area contributed by atoms with Crippen molar-refractivity contribution in [2.75, 3.05) is 13.1 Å². The van der Waals surface area contributed by atoms with E-state index in [2.05, 4.69) is 17.1 Å². The molecule has 0 bridgehead atoms. The third-order valence-corrected chi connectivity index (χ3v) is 3.77. The van der Waals surface area contributed by atoms with Gasteiger partial charge in [0.05, 0.1) is 6.04 Å². The average Bonchev–Trinajstić information content (AvgIpc) is 2.80. The molecule has 0 spiro atoms. The highest BCUT2D eigenvalue weighted by molar-refractivity contribution is 5.89. The molecule has 5 heteroatoms. The summed E-state index contributed by atoms with van der Waals surface area (Å²) >= 11 is 0. The van der Waals surface area contributed by atoms with E-state index in [4.69, 9.17) is 0 Å². The molecule has 2 aliphatic rings. The Hall–Kier alpha value is -1.43. The van der Waals surface area contributed by atoms with Gasteiger partial charge in [0.15, 0.2) is 0 Å². The molecule has 1 fully saturated rings. The molecular weight excluding hydrogens is 244 g/mol. The molecule has 2 aliphatic heterocycles. The molecule has 1 unspecified atom stereocenters. The Kier molecular flexibility index (Phi) is 3.26. The zero-order valence-electron chi connectivity index (χ0n) is 10.6. The van der Waals surface area contributed by atoms with Gasteiger partial charge in [-0.2, -0.15) is 0 Å². The van der Waals surface area contributed by atoms with Crippen molar-refractivity contribution in [3.63, 3.8) is 0 Å². The molecule has 0 saturated carbocycles. The number of benzene rings is 1. The van der Waals surface area contributed by atoms with Gasteiger partial charge in [0.25, 0.3) is 0 Å². The number of rotatable bonds is 2. The van der Waals surface area contributed by atoms with E-state index in [0.29, 0.717) is 18.9 Å². The average molecular weight is 262 g/mol. The molecule has 3 N–H and O–H groups in total. The number of aliphatic hydroxyl groups is 3. The van der Waals surface area contributed by atoms with Gasteiger partial charge < -0.3 is 20.2 Å². The largest absolute Gasteiger partial charge is 0.388 e. The molecule has 4 atom stereocenters. The zero-order valence-corrected chi connectivity index (χ0v) is 10.6. The van der Waals surface area contributed by atoms with Crippen LogP contribution in [0.15, 0.2) is 35.3 Å².